The molecule has 20 heavy (non-hydrogen) atoms. The van der Waals surface area contributed by atoms with E-state index < -0.39 is 0 Å². The van der Waals surface area contributed by atoms with Crippen molar-refractivity contribution >= 4 is 17.3 Å². The van der Waals surface area contributed by atoms with Gasteiger partial charge in [0.05, 0.1) is 23.5 Å². The van der Waals surface area contributed by atoms with Crippen LogP contribution in [0.1, 0.15) is 50.4 Å². The maximum absolute atomic E-state index is 11.7. The van der Waals surface area contributed by atoms with Crippen LogP contribution in [0.2, 0.25) is 0 Å². The molecule has 0 amide bonds. The molecule has 1 aromatic rings. The van der Waals surface area contributed by atoms with Gasteiger partial charge in [0.2, 0.25) is 0 Å². The first-order chi connectivity index (χ1) is 9.54. The maximum Gasteiger partial charge on any atom is 0.338 e. The molecule has 4 nitrogen and oxygen atoms in total. The lowest BCUT2D eigenvalue weighted by Gasteiger charge is -2.41. The number of nitrogens with two attached hydrogens (primary N) is 1. The third kappa shape index (κ3) is 2.89. The van der Waals surface area contributed by atoms with Crippen LogP contribution in [0.15, 0.2) is 18.2 Å². The van der Waals surface area contributed by atoms with Crippen molar-refractivity contribution in [2.45, 2.75) is 52.1 Å². The van der Waals surface area contributed by atoms with E-state index in [1.54, 1.807) is 19.1 Å². The largest absolute Gasteiger partial charge is 0.462 e. The van der Waals surface area contributed by atoms with Crippen molar-refractivity contribution in [3.63, 3.8) is 0 Å². The molecule has 0 unspecified atom stereocenters. The second kappa shape index (κ2) is 6.16. The van der Waals surface area contributed by atoms with E-state index in [1.807, 2.05) is 6.07 Å². The quantitative estimate of drug-likeness (QED) is 0.680. The molecule has 0 saturated carbocycles. The number of benzene rings is 1. The first-order valence-corrected chi connectivity index (χ1v) is 7.39. The van der Waals surface area contributed by atoms with Crippen LogP contribution in [0.25, 0.3) is 0 Å². The van der Waals surface area contributed by atoms with Crippen LogP contribution >= 0.6 is 0 Å². The Labute approximate surface area is 120 Å². The van der Waals surface area contributed by atoms with Gasteiger partial charge in [-0.15, -0.1) is 0 Å². The Bertz CT molecular complexity index is 477. The molecule has 1 aliphatic rings. The Hall–Kier alpha value is -1.71. The zero-order chi connectivity index (χ0) is 14.7. The predicted molar refractivity (Wildman–Crippen MR) is 82.1 cm³/mol. The monoisotopic (exact) mass is 276 g/mol. The number of carbonyl (C=O) groups excluding carboxylic acids is 1. The summed E-state index contributed by atoms with van der Waals surface area (Å²) >= 11 is 0. The lowest BCUT2D eigenvalue weighted by Crippen LogP contribution is -2.44. The van der Waals surface area contributed by atoms with Crippen LogP contribution in [0.4, 0.5) is 11.4 Å². The molecule has 2 rings (SSSR count). The SMILES string of the molecule is CCOC(=O)c1ccc(N2[C@H](C)CCC[C@@H]2C)c(N)c1. The summed E-state index contributed by atoms with van der Waals surface area (Å²) < 4.78 is 5.00. The van der Waals surface area contributed by atoms with Gasteiger partial charge in [-0.1, -0.05) is 0 Å². The number of nitrogen functional groups attached to an aromatic ring is 1. The van der Waals surface area contributed by atoms with Crippen LogP contribution in [0.3, 0.4) is 0 Å². The van der Waals surface area contributed by atoms with E-state index in [1.165, 1.54) is 19.3 Å². The lowest BCUT2D eigenvalue weighted by atomic mass is 9.96. The van der Waals surface area contributed by atoms with Crippen LogP contribution in [0.5, 0.6) is 0 Å². The van der Waals surface area contributed by atoms with Gasteiger partial charge in [-0.3, -0.25) is 0 Å². The minimum atomic E-state index is -0.314. The standard InChI is InChI=1S/C16H24N2O2/c1-4-20-16(19)13-8-9-15(14(17)10-13)18-11(2)6-5-7-12(18)3/h8-12H,4-7,17H2,1-3H3/t11-,12+. The fourth-order valence-electron chi connectivity index (χ4n) is 3.03. The Morgan fingerprint density at radius 2 is 2.00 bits per heavy atom. The molecule has 1 aliphatic heterocycles. The number of ether oxygens (including phenoxy) is 1. The van der Waals surface area contributed by atoms with Crippen LogP contribution in [-0.2, 0) is 4.74 Å². The van der Waals surface area contributed by atoms with E-state index in [-0.39, 0.29) is 5.97 Å². The zero-order valence-corrected chi connectivity index (χ0v) is 12.6. The predicted octanol–water partition coefficient (Wildman–Crippen LogP) is 3.21. The smallest absolute Gasteiger partial charge is 0.338 e. The number of esters is 1. The summed E-state index contributed by atoms with van der Waals surface area (Å²) in [4.78, 5) is 14.1. The minimum Gasteiger partial charge on any atom is -0.462 e. The van der Waals surface area contributed by atoms with E-state index in [0.717, 1.165) is 5.69 Å². The van der Waals surface area contributed by atoms with Crippen molar-refractivity contribution in [2.75, 3.05) is 17.2 Å². The second-order valence-corrected chi connectivity index (χ2v) is 5.53. The summed E-state index contributed by atoms with van der Waals surface area (Å²) in [5, 5.41) is 0. The van der Waals surface area contributed by atoms with Gasteiger partial charge in [0.25, 0.3) is 0 Å². The average Bonchev–Trinajstić information content (AvgIpc) is 2.40. The van der Waals surface area contributed by atoms with E-state index in [4.69, 9.17) is 10.5 Å². The number of nitrogens with zero attached hydrogens (tertiary/aromatic N) is 1. The highest BCUT2D eigenvalue weighted by Gasteiger charge is 2.26. The molecule has 1 saturated heterocycles. The molecule has 0 aliphatic carbocycles. The second-order valence-electron chi connectivity index (χ2n) is 5.53. The number of hydrogen-bond acceptors (Lipinski definition) is 4. The van der Waals surface area contributed by atoms with Crippen molar-refractivity contribution in [3.05, 3.63) is 23.8 Å². The van der Waals surface area contributed by atoms with Gasteiger partial charge in [-0.25, -0.2) is 4.79 Å². The Morgan fingerprint density at radius 1 is 1.35 bits per heavy atom. The Kier molecular flexibility index (Phi) is 4.53. The summed E-state index contributed by atoms with van der Waals surface area (Å²) in [6.45, 7) is 6.64. The van der Waals surface area contributed by atoms with Gasteiger partial charge < -0.3 is 15.4 Å². The molecule has 110 valence electrons. The first-order valence-electron chi connectivity index (χ1n) is 7.39. The molecule has 4 heteroatoms. The van der Waals surface area contributed by atoms with Crippen molar-refractivity contribution in [1.29, 1.82) is 0 Å². The summed E-state index contributed by atoms with van der Waals surface area (Å²) in [7, 11) is 0. The molecular weight excluding hydrogens is 252 g/mol. The maximum atomic E-state index is 11.7. The zero-order valence-electron chi connectivity index (χ0n) is 12.6. The number of carbonyl (C=O) groups is 1. The van der Waals surface area contributed by atoms with Gasteiger partial charge in [-0.05, 0) is 58.2 Å². The Morgan fingerprint density at radius 3 is 2.55 bits per heavy atom. The molecule has 2 atom stereocenters. The molecule has 1 fully saturated rings. The van der Waals surface area contributed by atoms with E-state index in [2.05, 4.69) is 18.7 Å². The summed E-state index contributed by atoms with van der Waals surface area (Å²) in [5.41, 5.74) is 8.35. The van der Waals surface area contributed by atoms with Crippen molar-refractivity contribution in [2.24, 2.45) is 0 Å². The fourth-order valence-corrected chi connectivity index (χ4v) is 3.03. The van der Waals surface area contributed by atoms with Crippen LogP contribution < -0.4 is 10.6 Å². The average molecular weight is 276 g/mol. The molecule has 1 heterocycles. The highest BCUT2D eigenvalue weighted by molar-refractivity contribution is 5.92. The molecule has 0 spiro atoms. The van der Waals surface area contributed by atoms with Crippen molar-refractivity contribution in [1.82, 2.24) is 0 Å². The number of piperidine rings is 1. The normalized spacial score (nSPS) is 22.6. The molecular formula is C16H24N2O2. The third-order valence-electron chi connectivity index (χ3n) is 4.01. The molecule has 0 aromatic heterocycles. The number of rotatable bonds is 3. The number of hydrogen-bond donors (Lipinski definition) is 1. The summed E-state index contributed by atoms with van der Waals surface area (Å²) in [5.74, 6) is -0.314. The van der Waals surface area contributed by atoms with Gasteiger partial charge in [-0.2, -0.15) is 0 Å². The summed E-state index contributed by atoms with van der Waals surface area (Å²) in [6.07, 6.45) is 3.63. The van der Waals surface area contributed by atoms with Crippen LogP contribution in [-0.4, -0.2) is 24.7 Å². The summed E-state index contributed by atoms with van der Waals surface area (Å²) in [6, 6.07) is 6.43. The molecule has 0 radical (unpaired) electrons. The Balaban J connectivity index is 2.27. The van der Waals surface area contributed by atoms with E-state index >= 15 is 0 Å². The van der Waals surface area contributed by atoms with Gasteiger partial charge in [0, 0.05) is 12.1 Å². The topological polar surface area (TPSA) is 55.6 Å². The first kappa shape index (κ1) is 14.7. The van der Waals surface area contributed by atoms with Crippen molar-refractivity contribution in [3.8, 4) is 0 Å². The van der Waals surface area contributed by atoms with E-state index in [0.29, 0.717) is 29.9 Å². The van der Waals surface area contributed by atoms with Gasteiger partial charge in [0.15, 0.2) is 0 Å². The highest BCUT2D eigenvalue weighted by atomic mass is 16.5. The molecule has 2 N–H and O–H groups in total. The van der Waals surface area contributed by atoms with Gasteiger partial charge >= 0.3 is 5.97 Å². The molecule has 1 aromatic carbocycles. The minimum absolute atomic E-state index is 0.314. The fraction of sp³-hybridized carbons (Fsp3) is 0.562. The third-order valence-corrected chi connectivity index (χ3v) is 4.01. The number of anilines is 2. The lowest BCUT2D eigenvalue weighted by molar-refractivity contribution is 0.0526. The van der Waals surface area contributed by atoms with Crippen LogP contribution in [0, 0.1) is 0 Å². The van der Waals surface area contributed by atoms with Crippen molar-refractivity contribution < 1.29 is 9.53 Å². The van der Waals surface area contributed by atoms with E-state index in [9.17, 15) is 4.79 Å². The molecule has 0 bridgehead atoms. The van der Waals surface area contributed by atoms with Gasteiger partial charge in [0.1, 0.15) is 0 Å². The highest BCUT2D eigenvalue weighted by Crippen LogP contribution is 2.33.